The Balaban J connectivity index is 1.95. The Morgan fingerprint density at radius 2 is 1.52 bits per heavy atom. The van der Waals surface area contributed by atoms with Crippen LogP contribution in [0.5, 0.6) is 0 Å². The van der Waals surface area contributed by atoms with E-state index in [1.54, 1.807) is 5.57 Å². The highest BCUT2D eigenvalue weighted by Crippen LogP contribution is 2.50. The number of allylic oxidation sites excluding steroid dienone is 6. The van der Waals surface area contributed by atoms with Crippen molar-refractivity contribution >= 4 is 5.57 Å². The lowest BCUT2D eigenvalue weighted by Gasteiger charge is -2.19. The van der Waals surface area contributed by atoms with E-state index in [9.17, 15) is 0 Å². The van der Waals surface area contributed by atoms with E-state index in [1.807, 2.05) is 0 Å². The highest BCUT2D eigenvalue weighted by atomic mass is 14.4. The van der Waals surface area contributed by atoms with Gasteiger partial charge in [-0.1, -0.05) is 66.6 Å². The van der Waals surface area contributed by atoms with Gasteiger partial charge >= 0.3 is 0 Å². The summed E-state index contributed by atoms with van der Waals surface area (Å²) >= 11 is 0. The Morgan fingerprint density at radius 3 is 2.16 bits per heavy atom. The van der Waals surface area contributed by atoms with Crippen LogP contribution in [0.3, 0.4) is 0 Å². The SMILES string of the molecule is CC1=C(C2=C(C)C(C)=C(C)C2C)c2c(cccc2-c2ccccc2)C1. The average Bonchev–Trinajstić information content (AvgIpc) is 3.05. The lowest BCUT2D eigenvalue weighted by molar-refractivity contribution is 0.841. The smallest absolute Gasteiger partial charge is 0.00317 e. The Bertz CT molecular complexity index is 949. The summed E-state index contributed by atoms with van der Waals surface area (Å²) in [5, 5.41) is 0. The van der Waals surface area contributed by atoms with Crippen LogP contribution in [-0.2, 0) is 6.42 Å². The molecule has 0 fully saturated rings. The molecule has 0 saturated heterocycles. The van der Waals surface area contributed by atoms with E-state index in [-0.39, 0.29) is 0 Å². The van der Waals surface area contributed by atoms with Gasteiger partial charge in [0.25, 0.3) is 0 Å². The molecule has 25 heavy (non-hydrogen) atoms. The zero-order chi connectivity index (χ0) is 17.7. The van der Waals surface area contributed by atoms with Crippen molar-refractivity contribution in [1.29, 1.82) is 0 Å². The van der Waals surface area contributed by atoms with Gasteiger partial charge in [0.05, 0.1) is 0 Å². The molecule has 2 aliphatic carbocycles. The summed E-state index contributed by atoms with van der Waals surface area (Å²) in [5.74, 6) is 0.514. The molecule has 0 radical (unpaired) electrons. The number of benzene rings is 2. The highest BCUT2D eigenvalue weighted by Gasteiger charge is 2.32. The summed E-state index contributed by atoms with van der Waals surface area (Å²) in [4.78, 5) is 0. The highest BCUT2D eigenvalue weighted by molar-refractivity contribution is 5.96. The maximum absolute atomic E-state index is 2.37. The minimum Gasteiger partial charge on any atom is -0.0629 e. The molecule has 4 rings (SSSR count). The fraction of sp³-hybridized carbons (Fsp3) is 0.280. The Hall–Kier alpha value is -2.34. The molecule has 0 aromatic heterocycles. The molecule has 0 nitrogen and oxygen atoms in total. The van der Waals surface area contributed by atoms with E-state index < -0.39 is 0 Å². The summed E-state index contributed by atoms with van der Waals surface area (Å²) in [6.07, 6.45) is 1.08. The summed E-state index contributed by atoms with van der Waals surface area (Å²) in [6, 6.07) is 17.6. The van der Waals surface area contributed by atoms with Crippen LogP contribution >= 0.6 is 0 Å². The van der Waals surface area contributed by atoms with Crippen molar-refractivity contribution in [2.45, 2.75) is 41.0 Å². The fourth-order valence-electron chi connectivity index (χ4n) is 4.62. The third-order valence-electron chi connectivity index (χ3n) is 6.28. The Labute approximate surface area is 151 Å². The maximum atomic E-state index is 2.37. The van der Waals surface area contributed by atoms with Crippen molar-refractivity contribution in [3.63, 3.8) is 0 Å². The fourth-order valence-corrected chi connectivity index (χ4v) is 4.62. The summed E-state index contributed by atoms with van der Waals surface area (Å²) in [6.45, 7) is 11.6. The zero-order valence-electron chi connectivity index (χ0n) is 15.9. The number of hydrogen-bond donors (Lipinski definition) is 0. The number of fused-ring (bicyclic) bond motifs is 1. The monoisotopic (exact) mass is 326 g/mol. The standard InChI is InChI=1S/C25H26/c1-15-14-21-12-9-13-22(20-10-7-6-8-11-20)25(21)23(15)24-18(4)16(2)17(3)19(24)5/h6-13,18H,14H2,1-5H3. The average molecular weight is 326 g/mol. The summed E-state index contributed by atoms with van der Waals surface area (Å²) < 4.78 is 0. The molecule has 0 heteroatoms. The Kier molecular flexibility index (Phi) is 3.80. The van der Waals surface area contributed by atoms with Crippen molar-refractivity contribution in [1.82, 2.24) is 0 Å². The van der Waals surface area contributed by atoms with Gasteiger partial charge in [-0.25, -0.2) is 0 Å². The Morgan fingerprint density at radius 1 is 0.800 bits per heavy atom. The van der Waals surface area contributed by atoms with Gasteiger partial charge in [-0.2, -0.15) is 0 Å². The second-order valence-corrected chi connectivity index (χ2v) is 7.61. The van der Waals surface area contributed by atoms with Gasteiger partial charge in [-0.3, -0.25) is 0 Å². The quantitative estimate of drug-likeness (QED) is 0.558. The predicted molar refractivity (Wildman–Crippen MR) is 108 cm³/mol. The first-order valence-corrected chi connectivity index (χ1v) is 9.27. The van der Waals surface area contributed by atoms with Crippen LogP contribution in [0, 0.1) is 5.92 Å². The van der Waals surface area contributed by atoms with E-state index in [0.717, 1.165) is 6.42 Å². The summed E-state index contributed by atoms with van der Waals surface area (Å²) in [5.41, 5.74) is 14.7. The molecule has 1 unspecified atom stereocenters. The van der Waals surface area contributed by atoms with Gasteiger partial charge in [-0.05, 0) is 78.7 Å². The maximum Gasteiger partial charge on any atom is 0.00317 e. The molecule has 2 aromatic carbocycles. The lowest BCUT2D eigenvalue weighted by Crippen LogP contribution is -2.02. The van der Waals surface area contributed by atoms with Crippen molar-refractivity contribution in [3.05, 3.63) is 87.5 Å². The molecule has 2 aliphatic rings. The van der Waals surface area contributed by atoms with Crippen LogP contribution in [-0.4, -0.2) is 0 Å². The van der Waals surface area contributed by atoms with E-state index in [4.69, 9.17) is 0 Å². The molecular formula is C25H26. The molecule has 126 valence electrons. The third kappa shape index (κ3) is 2.35. The largest absolute Gasteiger partial charge is 0.0629 e. The summed E-state index contributed by atoms with van der Waals surface area (Å²) in [7, 11) is 0. The molecule has 0 N–H and O–H groups in total. The lowest BCUT2D eigenvalue weighted by atomic mass is 9.84. The van der Waals surface area contributed by atoms with Gasteiger partial charge < -0.3 is 0 Å². The molecular weight excluding hydrogens is 300 g/mol. The molecule has 0 amide bonds. The van der Waals surface area contributed by atoms with Gasteiger partial charge in [0.15, 0.2) is 0 Å². The molecule has 0 aliphatic heterocycles. The molecule has 1 atom stereocenters. The van der Waals surface area contributed by atoms with E-state index >= 15 is 0 Å². The van der Waals surface area contributed by atoms with E-state index in [2.05, 4.69) is 83.1 Å². The van der Waals surface area contributed by atoms with Crippen molar-refractivity contribution in [3.8, 4) is 11.1 Å². The second kappa shape index (κ2) is 5.88. The van der Waals surface area contributed by atoms with Crippen LogP contribution < -0.4 is 0 Å². The molecule has 2 aromatic rings. The first-order valence-electron chi connectivity index (χ1n) is 9.27. The van der Waals surface area contributed by atoms with E-state index in [1.165, 1.54) is 50.1 Å². The van der Waals surface area contributed by atoms with E-state index in [0.29, 0.717) is 5.92 Å². The first-order chi connectivity index (χ1) is 12.0. The van der Waals surface area contributed by atoms with Crippen LogP contribution in [0.25, 0.3) is 16.7 Å². The number of rotatable bonds is 2. The topological polar surface area (TPSA) is 0 Å². The molecule has 0 bridgehead atoms. The number of hydrogen-bond acceptors (Lipinski definition) is 0. The molecule has 0 saturated carbocycles. The van der Waals surface area contributed by atoms with Gasteiger partial charge in [0.1, 0.15) is 0 Å². The van der Waals surface area contributed by atoms with Crippen molar-refractivity contribution in [2.24, 2.45) is 5.92 Å². The van der Waals surface area contributed by atoms with Crippen LogP contribution in [0.15, 0.2) is 76.4 Å². The predicted octanol–water partition coefficient (Wildman–Crippen LogP) is 6.99. The third-order valence-corrected chi connectivity index (χ3v) is 6.28. The second-order valence-electron chi connectivity index (χ2n) is 7.61. The van der Waals surface area contributed by atoms with Crippen LogP contribution in [0.1, 0.15) is 45.7 Å². The van der Waals surface area contributed by atoms with Gasteiger partial charge in [0.2, 0.25) is 0 Å². The van der Waals surface area contributed by atoms with Gasteiger partial charge in [-0.15, -0.1) is 0 Å². The minimum atomic E-state index is 0.514. The van der Waals surface area contributed by atoms with Crippen molar-refractivity contribution < 1.29 is 0 Å². The minimum absolute atomic E-state index is 0.514. The van der Waals surface area contributed by atoms with Crippen molar-refractivity contribution in [2.75, 3.05) is 0 Å². The normalized spacial score (nSPS) is 20.0. The first kappa shape index (κ1) is 16.1. The molecule has 0 heterocycles. The van der Waals surface area contributed by atoms with Crippen LogP contribution in [0.2, 0.25) is 0 Å². The van der Waals surface area contributed by atoms with Crippen LogP contribution in [0.4, 0.5) is 0 Å². The zero-order valence-corrected chi connectivity index (χ0v) is 15.9. The van der Waals surface area contributed by atoms with Gasteiger partial charge in [0, 0.05) is 5.92 Å². The molecule has 0 spiro atoms.